The van der Waals surface area contributed by atoms with Crippen LogP contribution in [0.25, 0.3) is 11.4 Å². The highest BCUT2D eigenvalue weighted by molar-refractivity contribution is 5.97. The maximum Gasteiger partial charge on any atom is 0.471 e. The van der Waals surface area contributed by atoms with Crippen LogP contribution in [-0.4, -0.2) is 27.1 Å². The Morgan fingerprint density at radius 3 is 2.75 bits per heavy atom. The van der Waals surface area contributed by atoms with E-state index in [9.17, 15) is 18.0 Å². The van der Waals surface area contributed by atoms with Crippen molar-refractivity contribution in [1.29, 1.82) is 0 Å². The average molecular weight is 389 g/mol. The van der Waals surface area contributed by atoms with Gasteiger partial charge in [-0.05, 0) is 30.2 Å². The SMILES string of the molecule is O=C1Nc2ccccc2CC1NCc1ccc(-c2noc(C(F)(F)F)n2)cn1. The Labute approximate surface area is 157 Å². The molecule has 3 heterocycles. The monoisotopic (exact) mass is 389 g/mol. The quantitative estimate of drug-likeness (QED) is 0.713. The van der Waals surface area contributed by atoms with Crippen molar-refractivity contribution >= 4 is 11.6 Å². The zero-order chi connectivity index (χ0) is 19.7. The summed E-state index contributed by atoms with van der Waals surface area (Å²) in [6, 6.07) is 10.4. The first-order valence-electron chi connectivity index (χ1n) is 8.38. The van der Waals surface area contributed by atoms with Gasteiger partial charge in [-0.3, -0.25) is 15.1 Å². The molecule has 0 saturated heterocycles. The van der Waals surface area contributed by atoms with Crippen LogP contribution in [0.2, 0.25) is 0 Å². The van der Waals surface area contributed by atoms with Crippen molar-refractivity contribution in [2.45, 2.75) is 25.2 Å². The van der Waals surface area contributed by atoms with Gasteiger partial charge in [0.05, 0.1) is 11.7 Å². The zero-order valence-corrected chi connectivity index (χ0v) is 14.3. The van der Waals surface area contributed by atoms with Gasteiger partial charge in [-0.1, -0.05) is 23.4 Å². The molecule has 0 spiro atoms. The molecule has 0 bridgehead atoms. The minimum Gasteiger partial charge on any atom is -0.329 e. The highest BCUT2D eigenvalue weighted by Crippen LogP contribution is 2.29. The number of hydrogen-bond donors (Lipinski definition) is 2. The molecule has 7 nitrogen and oxygen atoms in total. The van der Waals surface area contributed by atoms with Crippen molar-refractivity contribution in [1.82, 2.24) is 20.4 Å². The van der Waals surface area contributed by atoms with E-state index in [-0.39, 0.29) is 11.7 Å². The van der Waals surface area contributed by atoms with Gasteiger partial charge in [0.2, 0.25) is 11.7 Å². The Balaban J connectivity index is 1.40. The van der Waals surface area contributed by atoms with E-state index in [4.69, 9.17) is 0 Å². The second-order valence-electron chi connectivity index (χ2n) is 6.24. The van der Waals surface area contributed by atoms with Gasteiger partial charge >= 0.3 is 12.1 Å². The number of anilines is 1. The lowest BCUT2D eigenvalue weighted by Gasteiger charge is -2.25. The number of halogens is 3. The van der Waals surface area contributed by atoms with Crippen LogP contribution in [0.5, 0.6) is 0 Å². The van der Waals surface area contributed by atoms with Crippen LogP contribution in [0.1, 0.15) is 17.1 Å². The fraction of sp³-hybridized carbons (Fsp3) is 0.222. The van der Waals surface area contributed by atoms with Crippen LogP contribution >= 0.6 is 0 Å². The van der Waals surface area contributed by atoms with Crippen molar-refractivity contribution in [3.63, 3.8) is 0 Å². The molecule has 0 saturated carbocycles. The molecule has 1 atom stereocenters. The first-order chi connectivity index (χ1) is 13.4. The molecule has 28 heavy (non-hydrogen) atoms. The minimum absolute atomic E-state index is 0.123. The zero-order valence-electron chi connectivity index (χ0n) is 14.3. The first kappa shape index (κ1) is 18.1. The number of benzene rings is 1. The highest BCUT2D eigenvalue weighted by atomic mass is 19.4. The van der Waals surface area contributed by atoms with E-state index in [0.29, 0.717) is 24.2 Å². The Morgan fingerprint density at radius 2 is 2.04 bits per heavy atom. The molecule has 1 aliphatic rings. The Hall–Kier alpha value is -3.27. The number of amides is 1. The van der Waals surface area contributed by atoms with E-state index in [1.54, 1.807) is 12.1 Å². The number of carbonyl (C=O) groups is 1. The standard InChI is InChI=1S/C18H14F3N5O2/c19-18(20,21)17-25-15(26-28-17)11-5-6-12(22-8-11)9-23-14-7-10-3-1-2-4-13(10)24-16(14)27/h1-6,8,14,23H,7,9H2,(H,24,27). The van der Waals surface area contributed by atoms with Crippen LogP contribution in [-0.2, 0) is 23.9 Å². The Kier molecular flexibility index (Phi) is 4.55. The largest absolute Gasteiger partial charge is 0.471 e. The molecule has 2 aromatic heterocycles. The fourth-order valence-electron chi connectivity index (χ4n) is 2.86. The Morgan fingerprint density at radius 1 is 1.21 bits per heavy atom. The lowest BCUT2D eigenvalue weighted by Crippen LogP contribution is -2.44. The number of aromatic nitrogens is 3. The van der Waals surface area contributed by atoms with Crippen LogP contribution in [0.4, 0.5) is 18.9 Å². The number of nitrogens with one attached hydrogen (secondary N) is 2. The molecule has 144 valence electrons. The van der Waals surface area contributed by atoms with Crippen molar-refractivity contribution in [3.05, 3.63) is 59.7 Å². The van der Waals surface area contributed by atoms with Crippen molar-refractivity contribution < 1.29 is 22.5 Å². The lowest BCUT2D eigenvalue weighted by atomic mass is 9.99. The number of carbonyl (C=O) groups excluding carboxylic acids is 1. The molecule has 4 rings (SSSR count). The summed E-state index contributed by atoms with van der Waals surface area (Å²) in [4.78, 5) is 19.7. The van der Waals surface area contributed by atoms with Crippen molar-refractivity contribution in [2.24, 2.45) is 0 Å². The molecule has 1 aromatic carbocycles. The van der Waals surface area contributed by atoms with Gasteiger partial charge in [-0.25, -0.2) is 0 Å². The number of para-hydroxylation sites is 1. The second kappa shape index (κ2) is 7.04. The molecule has 0 radical (unpaired) electrons. The summed E-state index contributed by atoms with van der Waals surface area (Å²) < 4.78 is 41.8. The second-order valence-corrected chi connectivity index (χ2v) is 6.24. The van der Waals surface area contributed by atoms with E-state index < -0.39 is 18.1 Å². The third-order valence-electron chi connectivity index (χ3n) is 4.30. The van der Waals surface area contributed by atoms with E-state index in [0.717, 1.165) is 11.3 Å². The Bertz CT molecular complexity index is 1000. The van der Waals surface area contributed by atoms with Gasteiger partial charge in [-0.15, -0.1) is 0 Å². The number of fused-ring (bicyclic) bond motifs is 1. The number of pyridine rings is 1. The molecule has 10 heteroatoms. The molecule has 1 aliphatic heterocycles. The van der Waals surface area contributed by atoms with Crippen LogP contribution in [0, 0.1) is 0 Å². The number of rotatable bonds is 4. The molecular formula is C18H14F3N5O2. The maximum absolute atomic E-state index is 12.5. The molecule has 3 aromatic rings. The number of hydrogen-bond acceptors (Lipinski definition) is 6. The molecule has 0 aliphatic carbocycles. The lowest BCUT2D eigenvalue weighted by molar-refractivity contribution is -0.159. The summed E-state index contributed by atoms with van der Waals surface area (Å²) in [5, 5.41) is 9.31. The van der Waals surface area contributed by atoms with Gasteiger partial charge in [-0.2, -0.15) is 18.2 Å². The number of alkyl halides is 3. The summed E-state index contributed by atoms with van der Waals surface area (Å²) in [6.45, 7) is 0.320. The highest BCUT2D eigenvalue weighted by Gasteiger charge is 2.38. The smallest absolute Gasteiger partial charge is 0.329 e. The number of nitrogens with zero attached hydrogens (tertiary/aromatic N) is 3. The first-order valence-corrected chi connectivity index (χ1v) is 8.38. The van der Waals surface area contributed by atoms with Crippen LogP contribution in [0.15, 0.2) is 47.1 Å². The van der Waals surface area contributed by atoms with Gasteiger partial charge in [0, 0.05) is 24.0 Å². The van der Waals surface area contributed by atoms with Gasteiger partial charge in [0.15, 0.2) is 0 Å². The van der Waals surface area contributed by atoms with E-state index in [1.807, 2.05) is 24.3 Å². The van der Waals surface area contributed by atoms with Gasteiger partial charge in [0.25, 0.3) is 0 Å². The topological polar surface area (TPSA) is 92.9 Å². The molecule has 2 N–H and O–H groups in total. The van der Waals surface area contributed by atoms with Crippen LogP contribution < -0.4 is 10.6 Å². The molecular weight excluding hydrogens is 375 g/mol. The van der Waals surface area contributed by atoms with E-state index >= 15 is 0 Å². The maximum atomic E-state index is 12.5. The molecule has 0 fully saturated rings. The summed E-state index contributed by atoms with van der Waals surface area (Å²) in [6.07, 6.45) is -2.77. The van der Waals surface area contributed by atoms with Crippen LogP contribution in [0.3, 0.4) is 0 Å². The van der Waals surface area contributed by atoms with E-state index in [2.05, 4.69) is 30.3 Å². The van der Waals surface area contributed by atoms with E-state index in [1.165, 1.54) is 6.20 Å². The third-order valence-corrected chi connectivity index (χ3v) is 4.30. The predicted molar refractivity (Wildman–Crippen MR) is 91.9 cm³/mol. The van der Waals surface area contributed by atoms with Crippen molar-refractivity contribution in [2.75, 3.05) is 5.32 Å². The summed E-state index contributed by atoms with van der Waals surface area (Å²) in [7, 11) is 0. The average Bonchev–Trinajstić information content (AvgIpc) is 3.17. The normalized spacial score (nSPS) is 16.5. The summed E-state index contributed by atoms with van der Waals surface area (Å²) in [5.41, 5.74) is 2.77. The molecule has 1 unspecified atom stereocenters. The van der Waals surface area contributed by atoms with Gasteiger partial charge in [0.1, 0.15) is 0 Å². The fourth-order valence-corrected chi connectivity index (χ4v) is 2.86. The predicted octanol–water partition coefficient (Wildman–Crippen LogP) is 2.80. The van der Waals surface area contributed by atoms with Crippen molar-refractivity contribution in [3.8, 4) is 11.4 Å². The third kappa shape index (κ3) is 3.72. The summed E-state index contributed by atoms with van der Waals surface area (Å²) >= 11 is 0. The summed E-state index contributed by atoms with van der Waals surface area (Å²) in [5.74, 6) is -1.72. The van der Waals surface area contributed by atoms with Gasteiger partial charge < -0.3 is 9.84 Å². The molecule has 1 amide bonds. The minimum atomic E-state index is -4.69.